The molecule has 2 aromatic rings. The van der Waals surface area contributed by atoms with E-state index in [-0.39, 0.29) is 11.3 Å². The molecule has 2 aliphatic rings. The van der Waals surface area contributed by atoms with Crippen molar-refractivity contribution in [2.24, 2.45) is 5.41 Å². The van der Waals surface area contributed by atoms with Gasteiger partial charge in [0, 0.05) is 43.2 Å². The number of nitrogens with zero attached hydrogens (tertiary/aromatic N) is 3. The van der Waals surface area contributed by atoms with Crippen molar-refractivity contribution in [3.05, 3.63) is 52.5 Å². The second-order valence-corrected chi connectivity index (χ2v) is 7.90. The summed E-state index contributed by atoms with van der Waals surface area (Å²) in [4.78, 5) is 21.7. The highest BCUT2D eigenvalue weighted by Gasteiger charge is 2.42. The third kappa shape index (κ3) is 3.23. The van der Waals surface area contributed by atoms with Crippen LogP contribution < -0.4 is 0 Å². The summed E-state index contributed by atoms with van der Waals surface area (Å²) in [5.74, 6) is 0.204. The Labute approximate surface area is 147 Å². The van der Waals surface area contributed by atoms with Crippen LogP contribution >= 0.6 is 11.3 Å². The van der Waals surface area contributed by atoms with Gasteiger partial charge in [0.05, 0.1) is 11.3 Å². The Morgan fingerprint density at radius 2 is 2.17 bits per heavy atom. The van der Waals surface area contributed by atoms with Crippen molar-refractivity contribution in [3.8, 4) is 0 Å². The lowest BCUT2D eigenvalue weighted by Gasteiger charge is -2.40. The number of piperidine rings is 1. The highest BCUT2D eigenvalue weighted by Crippen LogP contribution is 2.39. The Balaban J connectivity index is 1.41. The monoisotopic (exact) mass is 341 g/mol. The zero-order valence-electron chi connectivity index (χ0n) is 13.9. The van der Waals surface area contributed by atoms with Gasteiger partial charge in [-0.3, -0.25) is 14.7 Å². The van der Waals surface area contributed by atoms with Crippen LogP contribution in [0.1, 0.15) is 35.3 Å². The van der Waals surface area contributed by atoms with Crippen LogP contribution in [0.25, 0.3) is 0 Å². The van der Waals surface area contributed by atoms with Gasteiger partial charge in [-0.15, -0.1) is 0 Å². The van der Waals surface area contributed by atoms with Gasteiger partial charge < -0.3 is 4.90 Å². The predicted molar refractivity (Wildman–Crippen MR) is 96.0 cm³/mol. The largest absolute Gasteiger partial charge is 0.338 e. The molecule has 126 valence electrons. The molecule has 5 heteroatoms. The molecule has 0 aromatic carbocycles. The first kappa shape index (κ1) is 15.8. The second-order valence-electron chi connectivity index (χ2n) is 7.12. The normalized spacial score (nSPS) is 24.6. The number of likely N-dealkylation sites (tertiary alicyclic amines) is 2. The summed E-state index contributed by atoms with van der Waals surface area (Å²) in [6.07, 6.45) is 5.44. The van der Waals surface area contributed by atoms with Gasteiger partial charge >= 0.3 is 0 Å². The number of carbonyl (C=O) groups is 1. The molecular formula is C19H23N3OS. The Bertz CT molecular complexity index is 688. The molecule has 0 N–H and O–H groups in total. The minimum Gasteiger partial charge on any atom is -0.338 e. The fraction of sp³-hybridized carbons (Fsp3) is 0.474. The van der Waals surface area contributed by atoms with Gasteiger partial charge in [-0.05, 0) is 49.4 Å². The summed E-state index contributed by atoms with van der Waals surface area (Å²) in [6, 6.07) is 8.06. The van der Waals surface area contributed by atoms with Crippen molar-refractivity contribution < 1.29 is 4.79 Å². The first-order chi connectivity index (χ1) is 11.7. The van der Waals surface area contributed by atoms with Crippen LogP contribution in [0, 0.1) is 5.41 Å². The Morgan fingerprint density at radius 3 is 2.96 bits per heavy atom. The number of thiophene rings is 1. The standard InChI is InChI=1S/C19H23N3OS/c23-18(16-5-11-24-13-16)22-10-7-19(15-22)6-3-9-21(14-19)12-17-4-1-2-8-20-17/h1-2,4-5,8,11,13H,3,6-7,9-10,12,14-15H2. The SMILES string of the molecule is O=C(c1ccsc1)N1CCC2(CCCN(Cc3ccccn3)C2)C1. The third-order valence-electron chi connectivity index (χ3n) is 5.35. The van der Waals surface area contributed by atoms with Gasteiger partial charge in [-0.2, -0.15) is 11.3 Å². The quantitative estimate of drug-likeness (QED) is 0.860. The highest BCUT2D eigenvalue weighted by molar-refractivity contribution is 7.08. The van der Waals surface area contributed by atoms with Gasteiger partial charge in [-0.1, -0.05) is 6.07 Å². The van der Waals surface area contributed by atoms with Gasteiger partial charge in [0.1, 0.15) is 0 Å². The number of rotatable bonds is 3. The molecular weight excluding hydrogens is 318 g/mol. The molecule has 0 bridgehead atoms. The molecule has 2 aliphatic heterocycles. The van der Waals surface area contributed by atoms with E-state index in [9.17, 15) is 4.79 Å². The van der Waals surface area contributed by atoms with Crippen LogP contribution in [-0.4, -0.2) is 46.9 Å². The van der Waals surface area contributed by atoms with Crippen molar-refractivity contribution >= 4 is 17.2 Å². The predicted octanol–water partition coefficient (Wildman–Crippen LogP) is 3.27. The van der Waals surface area contributed by atoms with Gasteiger partial charge in [0.25, 0.3) is 5.91 Å². The number of pyridine rings is 1. The van der Waals surface area contributed by atoms with Crippen LogP contribution in [0.15, 0.2) is 41.2 Å². The number of hydrogen-bond donors (Lipinski definition) is 0. The third-order valence-corrected chi connectivity index (χ3v) is 6.03. The fourth-order valence-corrected chi connectivity index (χ4v) is 4.81. The molecule has 4 heterocycles. The van der Waals surface area contributed by atoms with Crippen LogP contribution in [0.2, 0.25) is 0 Å². The number of carbonyl (C=O) groups excluding carboxylic acids is 1. The lowest BCUT2D eigenvalue weighted by molar-refractivity contribution is 0.0673. The van der Waals surface area contributed by atoms with Gasteiger partial charge in [-0.25, -0.2) is 0 Å². The molecule has 24 heavy (non-hydrogen) atoms. The average Bonchev–Trinajstić information content (AvgIpc) is 3.26. The zero-order chi connectivity index (χ0) is 16.4. The minimum atomic E-state index is 0.204. The van der Waals surface area contributed by atoms with Crippen LogP contribution in [0.4, 0.5) is 0 Å². The average molecular weight is 341 g/mol. The van der Waals surface area contributed by atoms with Crippen molar-refractivity contribution in [2.45, 2.75) is 25.8 Å². The van der Waals surface area contributed by atoms with Crippen molar-refractivity contribution in [1.29, 1.82) is 0 Å². The van der Waals surface area contributed by atoms with Crippen LogP contribution in [0.5, 0.6) is 0 Å². The lowest BCUT2D eigenvalue weighted by Crippen LogP contribution is -2.45. The van der Waals surface area contributed by atoms with Gasteiger partial charge in [0.15, 0.2) is 0 Å². The highest BCUT2D eigenvalue weighted by atomic mass is 32.1. The summed E-state index contributed by atoms with van der Waals surface area (Å²) in [6.45, 7) is 4.93. The van der Waals surface area contributed by atoms with E-state index in [0.717, 1.165) is 50.4 Å². The first-order valence-electron chi connectivity index (χ1n) is 8.68. The van der Waals surface area contributed by atoms with E-state index in [1.165, 1.54) is 12.8 Å². The fourth-order valence-electron chi connectivity index (χ4n) is 4.18. The maximum absolute atomic E-state index is 12.6. The molecule has 0 saturated carbocycles. The molecule has 2 saturated heterocycles. The second kappa shape index (κ2) is 6.65. The molecule has 4 rings (SSSR count). The summed E-state index contributed by atoms with van der Waals surface area (Å²) in [7, 11) is 0. The Hall–Kier alpha value is -1.72. The zero-order valence-corrected chi connectivity index (χ0v) is 14.7. The van der Waals surface area contributed by atoms with Crippen molar-refractivity contribution in [1.82, 2.24) is 14.8 Å². The summed E-state index contributed by atoms with van der Waals surface area (Å²) >= 11 is 1.59. The molecule has 0 radical (unpaired) electrons. The van der Waals surface area contributed by atoms with Gasteiger partial charge in [0.2, 0.25) is 0 Å². The van der Waals surface area contributed by atoms with E-state index in [1.807, 2.05) is 29.1 Å². The lowest BCUT2D eigenvalue weighted by atomic mass is 9.79. The topological polar surface area (TPSA) is 36.4 Å². The maximum Gasteiger partial charge on any atom is 0.254 e. The molecule has 1 unspecified atom stereocenters. The summed E-state index contributed by atoms with van der Waals surface area (Å²) in [5, 5.41) is 3.94. The molecule has 2 aromatic heterocycles. The van der Waals surface area contributed by atoms with Crippen LogP contribution in [-0.2, 0) is 6.54 Å². The number of aromatic nitrogens is 1. The Kier molecular flexibility index (Phi) is 4.37. The van der Waals surface area contributed by atoms with E-state index in [4.69, 9.17) is 0 Å². The first-order valence-corrected chi connectivity index (χ1v) is 9.62. The van der Waals surface area contributed by atoms with E-state index in [1.54, 1.807) is 11.3 Å². The molecule has 4 nitrogen and oxygen atoms in total. The molecule has 1 spiro atoms. The molecule has 0 aliphatic carbocycles. The maximum atomic E-state index is 12.6. The summed E-state index contributed by atoms with van der Waals surface area (Å²) < 4.78 is 0. The van der Waals surface area contributed by atoms with E-state index >= 15 is 0 Å². The number of amides is 1. The van der Waals surface area contributed by atoms with E-state index in [0.29, 0.717) is 0 Å². The Morgan fingerprint density at radius 1 is 1.21 bits per heavy atom. The summed E-state index contributed by atoms with van der Waals surface area (Å²) in [5.41, 5.74) is 2.26. The van der Waals surface area contributed by atoms with E-state index in [2.05, 4.69) is 26.9 Å². The smallest absolute Gasteiger partial charge is 0.254 e. The van der Waals surface area contributed by atoms with Crippen LogP contribution in [0.3, 0.4) is 0 Å². The number of hydrogen-bond acceptors (Lipinski definition) is 4. The van der Waals surface area contributed by atoms with E-state index < -0.39 is 0 Å². The molecule has 1 atom stereocenters. The molecule has 2 fully saturated rings. The van der Waals surface area contributed by atoms with Crippen molar-refractivity contribution in [3.63, 3.8) is 0 Å². The minimum absolute atomic E-state index is 0.204. The van der Waals surface area contributed by atoms with Crippen molar-refractivity contribution in [2.75, 3.05) is 26.2 Å². The molecule has 1 amide bonds.